The van der Waals surface area contributed by atoms with Gasteiger partial charge in [0.05, 0.1) is 0 Å². The standard InChI is InChI=1S/C13H14O3S/c1-9(14)16-7-11(15)6-10-8-17-13-5-3-2-4-12(10)13/h2-5,10H,6-8H2,1H3. The molecule has 0 amide bonds. The highest BCUT2D eigenvalue weighted by atomic mass is 32.2. The molecule has 0 bridgehead atoms. The highest BCUT2D eigenvalue weighted by Gasteiger charge is 2.24. The fourth-order valence-electron chi connectivity index (χ4n) is 1.91. The molecular formula is C13H14O3S. The van der Waals surface area contributed by atoms with Crippen LogP contribution in [-0.2, 0) is 14.3 Å². The van der Waals surface area contributed by atoms with Gasteiger partial charge in [0.15, 0.2) is 5.78 Å². The number of ketones is 1. The summed E-state index contributed by atoms with van der Waals surface area (Å²) in [5.41, 5.74) is 1.24. The number of benzene rings is 1. The van der Waals surface area contributed by atoms with Crippen LogP contribution in [0.2, 0.25) is 0 Å². The molecule has 0 saturated carbocycles. The largest absolute Gasteiger partial charge is 0.458 e. The Morgan fingerprint density at radius 3 is 2.94 bits per heavy atom. The maximum atomic E-state index is 11.6. The van der Waals surface area contributed by atoms with Crippen molar-refractivity contribution in [3.8, 4) is 0 Å². The molecule has 1 heterocycles. The Labute approximate surface area is 105 Å². The van der Waals surface area contributed by atoms with E-state index in [0.717, 1.165) is 5.75 Å². The van der Waals surface area contributed by atoms with Gasteiger partial charge in [0.1, 0.15) is 6.61 Å². The van der Waals surface area contributed by atoms with E-state index in [1.165, 1.54) is 17.4 Å². The van der Waals surface area contributed by atoms with Crippen LogP contribution in [0.1, 0.15) is 24.8 Å². The summed E-state index contributed by atoms with van der Waals surface area (Å²) in [5.74, 6) is 0.784. The van der Waals surface area contributed by atoms with Gasteiger partial charge in [-0.05, 0) is 11.6 Å². The summed E-state index contributed by atoms with van der Waals surface area (Å²) in [7, 11) is 0. The average molecular weight is 250 g/mol. The maximum Gasteiger partial charge on any atom is 0.303 e. The van der Waals surface area contributed by atoms with Gasteiger partial charge in [-0.2, -0.15) is 0 Å². The van der Waals surface area contributed by atoms with Gasteiger partial charge in [0.25, 0.3) is 0 Å². The predicted molar refractivity (Wildman–Crippen MR) is 66.2 cm³/mol. The first-order valence-electron chi connectivity index (χ1n) is 5.53. The molecule has 4 heteroatoms. The molecule has 0 radical (unpaired) electrons. The van der Waals surface area contributed by atoms with Crippen LogP contribution in [0.4, 0.5) is 0 Å². The first kappa shape index (κ1) is 12.2. The number of Topliss-reactive ketones (excluding diaryl/α,β-unsaturated/α-hetero) is 1. The van der Waals surface area contributed by atoms with Crippen LogP contribution in [0.25, 0.3) is 0 Å². The summed E-state index contributed by atoms with van der Waals surface area (Å²) in [6, 6.07) is 8.15. The van der Waals surface area contributed by atoms with Crippen molar-refractivity contribution in [3.05, 3.63) is 29.8 Å². The molecule has 0 fully saturated rings. The predicted octanol–water partition coefficient (Wildman–Crippen LogP) is 2.40. The Bertz CT molecular complexity index is 442. The number of rotatable bonds is 4. The lowest BCUT2D eigenvalue weighted by molar-refractivity contribution is -0.145. The zero-order valence-electron chi connectivity index (χ0n) is 9.64. The number of ether oxygens (including phenoxy) is 1. The summed E-state index contributed by atoms with van der Waals surface area (Å²) < 4.78 is 4.71. The van der Waals surface area contributed by atoms with Crippen LogP contribution >= 0.6 is 11.8 Å². The first-order chi connectivity index (χ1) is 8.16. The molecule has 3 nitrogen and oxygen atoms in total. The molecule has 1 unspecified atom stereocenters. The van der Waals surface area contributed by atoms with Crippen LogP contribution in [-0.4, -0.2) is 24.1 Å². The molecule has 2 rings (SSSR count). The molecule has 17 heavy (non-hydrogen) atoms. The summed E-state index contributed by atoms with van der Waals surface area (Å²) in [4.78, 5) is 23.5. The lowest BCUT2D eigenvalue weighted by Crippen LogP contribution is -2.14. The second kappa shape index (κ2) is 5.36. The zero-order valence-corrected chi connectivity index (χ0v) is 10.5. The number of thioether (sulfide) groups is 1. The van der Waals surface area contributed by atoms with Crippen LogP contribution in [0.15, 0.2) is 29.2 Å². The summed E-state index contributed by atoms with van der Waals surface area (Å²) in [6.07, 6.45) is 0.456. The lowest BCUT2D eigenvalue weighted by Gasteiger charge is -2.09. The van der Waals surface area contributed by atoms with Crippen molar-refractivity contribution in [2.24, 2.45) is 0 Å². The van der Waals surface area contributed by atoms with Crippen molar-refractivity contribution < 1.29 is 14.3 Å². The van der Waals surface area contributed by atoms with Gasteiger partial charge in [-0.25, -0.2) is 0 Å². The molecule has 1 atom stereocenters. The minimum absolute atomic E-state index is 0.0116. The number of carbonyl (C=O) groups excluding carboxylic acids is 2. The van der Waals surface area contributed by atoms with E-state index in [9.17, 15) is 9.59 Å². The summed E-state index contributed by atoms with van der Waals surface area (Å²) >= 11 is 1.78. The van der Waals surface area contributed by atoms with Crippen molar-refractivity contribution in [2.45, 2.75) is 24.2 Å². The highest BCUT2D eigenvalue weighted by molar-refractivity contribution is 7.99. The first-order valence-corrected chi connectivity index (χ1v) is 6.52. The minimum Gasteiger partial charge on any atom is -0.458 e. The Balaban J connectivity index is 1.93. The molecule has 0 N–H and O–H groups in total. The minimum atomic E-state index is -0.403. The van der Waals surface area contributed by atoms with Crippen molar-refractivity contribution >= 4 is 23.5 Å². The molecule has 90 valence electrons. The van der Waals surface area contributed by atoms with Gasteiger partial charge in [0, 0.05) is 29.9 Å². The SMILES string of the molecule is CC(=O)OCC(=O)CC1CSc2ccccc21. The van der Waals surface area contributed by atoms with Gasteiger partial charge in [-0.15, -0.1) is 11.8 Å². The Morgan fingerprint density at radius 1 is 1.41 bits per heavy atom. The molecule has 0 saturated heterocycles. The third kappa shape index (κ3) is 3.09. The van der Waals surface area contributed by atoms with Crippen molar-refractivity contribution in [1.29, 1.82) is 0 Å². The van der Waals surface area contributed by atoms with E-state index in [-0.39, 0.29) is 18.3 Å². The third-order valence-corrected chi connectivity index (χ3v) is 3.96. The van der Waals surface area contributed by atoms with E-state index >= 15 is 0 Å². The smallest absolute Gasteiger partial charge is 0.303 e. The van der Waals surface area contributed by atoms with Crippen LogP contribution in [0, 0.1) is 0 Å². The number of hydrogen-bond acceptors (Lipinski definition) is 4. The molecule has 1 aromatic carbocycles. The number of hydrogen-bond donors (Lipinski definition) is 0. The third-order valence-electron chi connectivity index (χ3n) is 2.71. The van der Waals surface area contributed by atoms with E-state index in [1.54, 1.807) is 11.8 Å². The van der Waals surface area contributed by atoms with E-state index in [0.29, 0.717) is 6.42 Å². The normalized spacial score (nSPS) is 17.6. The maximum absolute atomic E-state index is 11.6. The topological polar surface area (TPSA) is 43.4 Å². The number of carbonyl (C=O) groups is 2. The van der Waals surface area contributed by atoms with Gasteiger partial charge in [-0.1, -0.05) is 18.2 Å². The van der Waals surface area contributed by atoms with Crippen molar-refractivity contribution in [3.63, 3.8) is 0 Å². The van der Waals surface area contributed by atoms with E-state index in [2.05, 4.69) is 12.1 Å². The monoisotopic (exact) mass is 250 g/mol. The van der Waals surface area contributed by atoms with Crippen LogP contribution < -0.4 is 0 Å². The molecule has 1 aliphatic heterocycles. The molecular weight excluding hydrogens is 236 g/mol. The van der Waals surface area contributed by atoms with E-state index in [4.69, 9.17) is 4.74 Å². The average Bonchev–Trinajstić information content (AvgIpc) is 2.70. The number of fused-ring (bicyclic) bond motifs is 1. The fraction of sp³-hybridized carbons (Fsp3) is 0.385. The highest BCUT2D eigenvalue weighted by Crippen LogP contribution is 2.40. The van der Waals surface area contributed by atoms with Gasteiger partial charge >= 0.3 is 5.97 Å². The quantitative estimate of drug-likeness (QED) is 0.770. The Hall–Kier alpha value is -1.29. The van der Waals surface area contributed by atoms with Crippen LogP contribution in [0.5, 0.6) is 0 Å². The lowest BCUT2D eigenvalue weighted by atomic mass is 9.96. The Kier molecular flexibility index (Phi) is 3.84. The Morgan fingerprint density at radius 2 is 2.18 bits per heavy atom. The van der Waals surface area contributed by atoms with Crippen LogP contribution in [0.3, 0.4) is 0 Å². The molecule has 1 aliphatic rings. The van der Waals surface area contributed by atoms with E-state index < -0.39 is 5.97 Å². The van der Waals surface area contributed by atoms with Gasteiger partial charge in [0.2, 0.25) is 0 Å². The zero-order chi connectivity index (χ0) is 12.3. The second-order valence-corrected chi connectivity index (χ2v) is 5.13. The van der Waals surface area contributed by atoms with E-state index in [1.807, 2.05) is 12.1 Å². The van der Waals surface area contributed by atoms with Crippen molar-refractivity contribution in [2.75, 3.05) is 12.4 Å². The van der Waals surface area contributed by atoms with Gasteiger partial charge in [-0.3, -0.25) is 9.59 Å². The summed E-state index contributed by atoms with van der Waals surface area (Å²) in [5, 5.41) is 0. The molecule has 0 aromatic heterocycles. The molecule has 0 aliphatic carbocycles. The van der Waals surface area contributed by atoms with Crippen molar-refractivity contribution in [1.82, 2.24) is 0 Å². The fourth-order valence-corrected chi connectivity index (χ4v) is 3.17. The van der Waals surface area contributed by atoms with Gasteiger partial charge < -0.3 is 4.74 Å². The summed E-state index contributed by atoms with van der Waals surface area (Å²) in [6.45, 7) is 1.21. The molecule has 0 spiro atoms. The second-order valence-electron chi connectivity index (χ2n) is 4.07. The number of esters is 1. The molecule has 1 aromatic rings.